The van der Waals surface area contributed by atoms with Gasteiger partial charge in [-0.25, -0.2) is 4.79 Å². The maximum Gasteiger partial charge on any atom is 0.330 e. The van der Waals surface area contributed by atoms with Gasteiger partial charge in [-0.2, -0.15) is 0 Å². The average molecular weight is 205 g/mol. The standard InChI is InChI=1S/C11H11NO3/c13-11(15-8-10-7-14-10)5-4-9-3-1-2-6-12-9/h1-6,10H,7-8H2. The minimum Gasteiger partial charge on any atom is -0.460 e. The second-order valence-corrected chi connectivity index (χ2v) is 3.17. The predicted octanol–water partition coefficient (Wildman–Crippen LogP) is 1.04. The number of carbonyl (C=O) groups is 1. The van der Waals surface area contributed by atoms with E-state index in [0.29, 0.717) is 13.2 Å². The lowest BCUT2D eigenvalue weighted by molar-refractivity contribution is -0.138. The molecule has 0 amide bonds. The second-order valence-electron chi connectivity index (χ2n) is 3.17. The maximum atomic E-state index is 11.2. The Labute approximate surface area is 87.5 Å². The van der Waals surface area contributed by atoms with Crippen LogP contribution in [-0.4, -0.2) is 30.3 Å². The van der Waals surface area contributed by atoms with Gasteiger partial charge in [-0.1, -0.05) is 6.07 Å². The first-order valence-electron chi connectivity index (χ1n) is 4.72. The fourth-order valence-corrected chi connectivity index (χ4v) is 1.02. The zero-order valence-electron chi connectivity index (χ0n) is 8.13. The molecule has 1 aliphatic heterocycles. The van der Waals surface area contributed by atoms with Gasteiger partial charge in [0.15, 0.2) is 0 Å². The molecule has 0 saturated carbocycles. The van der Waals surface area contributed by atoms with E-state index in [1.165, 1.54) is 6.08 Å². The van der Waals surface area contributed by atoms with Crippen LogP contribution < -0.4 is 0 Å². The van der Waals surface area contributed by atoms with E-state index in [-0.39, 0.29) is 12.1 Å². The highest BCUT2D eigenvalue weighted by Crippen LogP contribution is 2.08. The molecule has 2 heterocycles. The molecule has 1 aromatic rings. The van der Waals surface area contributed by atoms with E-state index in [1.54, 1.807) is 12.3 Å². The summed E-state index contributed by atoms with van der Waals surface area (Å²) < 4.78 is 9.82. The average Bonchev–Trinajstić information content (AvgIpc) is 3.09. The molecular formula is C11H11NO3. The normalized spacial score (nSPS) is 19.1. The van der Waals surface area contributed by atoms with Crippen LogP contribution in [0, 0.1) is 0 Å². The van der Waals surface area contributed by atoms with Crippen LogP contribution in [0.4, 0.5) is 0 Å². The third-order valence-corrected chi connectivity index (χ3v) is 1.89. The van der Waals surface area contributed by atoms with Crippen molar-refractivity contribution in [1.82, 2.24) is 4.98 Å². The smallest absolute Gasteiger partial charge is 0.330 e. The molecule has 1 aliphatic rings. The lowest BCUT2D eigenvalue weighted by atomic mass is 10.3. The molecule has 4 heteroatoms. The summed E-state index contributed by atoms with van der Waals surface area (Å²) in [6.45, 7) is 1.03. The molecule has 0 aromatic carbocycles. The SMILES string of the molecule is O=C(C=Cc1ccccn1)OCC1CO1. The van der Waals surface area contributed by atoms with E-state index in [9.17, 15) is 4.79 Å². The minimum atomic E-state index is -0.365. The number of pyridine rings is 1. The van der Waals surface area contributed by atoms with Crippen molar-refractivity contribution in [3.63, 3.8) is 0 Å². The van der Waals surface area contributed by atoms with Crippen molar-refractivity contribution in [2.75, 3.05) is 13.2 Å². The van der Waals surface area contributed by atoms with Crippen LogP contribution in [-0.2, 0) is 14.3 Å². The van der Waals surface area contributed by atoms with Gasteiger partial charge in [-0.15, -0.1) is 0 Å². The van der Waals surface area contributed by atoms with Crippen LogP contribution in [0.1, 0.15) is 5.69 Å². The zero-order valence-corrected chi connectivity index (χ0v) is 8.13. The first-order valence-corrected chi connectivity index (χ1v) is 4.72. The highest BCUT2D eigenvalue weighted by atomic mass is 16.6. The second kappa shape index (κ2) is 4.70. The lowest BCUT2D eigenvalue weighted by Gasteiger charge is -1.96. The summed E-state index contributed by atoms with van der Waals surface area (Å²) in [6.07, 6.45) is 4.77. The summed E-state index contributed by atoms with van der Waals surface area (Å²) in [6, 6.07) is 5.49. The number of epoxide rings is 1. The zero-order chi connectivity index (χ0) is 10.5. The van der Waals surface area contributed by atoms with Crippen LogP contribution in [0.25, 0.3) is 6.08 Å². The Morgan fingerprint density at radius 3 is 3.20 bits per heavy atom. The number of ether oxygens (including phenoxy) is 2. The number of rotatable bonds is 4. The van der Waals surface area contributed by atoms with Gasteiger partial charge in [0, 0.05) is 12.3 Å². The van der Waals surface area contributed by atoms with Gasteiger partial charge >= 0.3 is 5.97 Å². The maximum absolute atomic E-state index is 11.2. The fraction of sp³-hybridized carbons (Fsp3) is 0.273. The van der Waals surface area contributed by atoms with E-state index < -0.39 is 0 Å². The molecule has 0 bridgehead atoms. The van der Waals surface area contributed by atoms with Gasteiger partial charge in [0.05, 0.1) is 12.3 Å². The summed E-state index contributed by atoms with van der Waals surface area (Å²) in [5, 5.41) is 0. The quantitative estimate of drug-likeness (QED) is 0.418. The van der Waals surface area contributed by atoms with E-state index in [0.717, 1.165) is 5.69 Å². The molecule has 0 N–H and O–H groups in total. The number of aromatic nitrogens is 1. The molecule has 0 aliphatic carbocycles. The number of esters is 1. The van der Waals surface area contributed by atoms with Crippen molar-refractivity contribution in [3.8, 4) is 0 Å². The van der Waals surface area contributed by atoms with Crippen LogP contribution in [0.15, 0.2) is 30.5 Å². The Morgan fingerprint density at radius 1 is 1.67 bits per heavy atom. The van der Waals surface area contributed by atoms with E-state index in [1.807, 2.05) is 18.2 Å². The van der Waals surface area contributed by atoms with Crippen molar-refractivity contribution in [2.45, 2.75) is 6.10 Å². The lowest BCUT2D eigenvalue weighted by Crippen LogP contribution is -2.06. The number of hydrogen-bond donors (Lipinski definition) is 0. The van der Waals surface area contributed by atoms with E-state index in [4.69, 9.17) is 9.47 Å². The first-order chi connectivity index (χ1) is 7.34. The van der Waals surface area contributed by atoms with Gasteiger partial charge in [0.2, 0.25) is 0 Å². The fourth-order valence-electron chi connectivity index (χ4n) is 1.02. The monoisotopic (exact) mass is 205 g/mol. The first kappa shape index (κ1) is 9.86. The molecule has 1 unspecified atom stereocenters. The molecule has 1 aromatic heterocycles. The summed E-state index contributed by atoms with van der Waals surface area (Å²) in [5.74, 6) is -0.365. The number of nitrogens with zero attached hydrogens (tertiary/aromatic N) is 1. The molecule has 1 saturated heterocycles. The van der Waals surface area contributed by atoms with Gasteiger partial charge < -0.3 is 9.47 Å². The molecule has 0 spiro atoms. The predicted molar refractivity (Wildman–Crippen MR) is 54.0 cm³/mol. The summed E-state index contributed by atoms with van der Waals surface area (Å²) >= 11 is 0. The summed E-state index contributed by atoms with van der Waals surface area (Å²) in [7, 11) is 0. The molecule has 15 heavy (non-hydrogen) atoms. The summed E-state index contributed by atoms with van der Waals surface area (Å²) in [4.78, 5) is 15.2. The molecule has 0 radical (unpaired) electrons. The van der Waals surface area contributed by atoms with E-state index >= 15 is 0 Å². The van der Waals surface area contributed by atoms with Gasteiger partial charge in [0.25, 0.3) is 0 Å². The Morgan fingerprint density at radius 2 is 2.53 bits per heavy atom. The van der Waals surface area contributed by atoms with Crippen molar-refractivity contribution in [3.05, 3.63) is 36.2 Å². The van der Waals surface area contributed by atoms with Crippen molar-refractivity contribution >= 4 is 12.0 Å². The third-order valence-electron chi connectivity index (χ3n) is 1.89. The van der Waals surface area contributed by atoms with Crippen molar-refractivity contribution in [2.24, 2.45) is 0 Å². The highest BCUT2D eigenvalue weighted by molar-refractivity contribution is 5.86. The van der Waals surface area contributed by atoms with Gasteiger partial charge in [0.1, 0.15) is 12.7 Å². The Balaban J connectivity index is 1.79. The third kappa shape index (κ3) is 3.52. The van der Waals surface area contributed by atoms with Crippen LogP contribution in [0.5, 0.6) is 0 Å². The Hall–Kier alpha value is -1.68. The van der Waals surface area contributed by atoms with Gasteiger partial charge in [-0.3, -0.25) is 4.98 Å². The summed E-state index contributed by atoms with van der Waals surface area (Å²) in [5.41, 5.74) is 0.733. The highest BCUT2D eigenvalue weighted by Gasteiger charge is 2.23. The topological polar surface area (TPSA) is 51.7 Å². The molecule has 1 fully saturated rings. The Kier molecular flexibility index (Phi) is 3.09. The largest absolute Gasteiger partial charge is 0.460 e. The number of carbonyl (C=O) groups excluding carboxylic acids is 1. The number of hydrogen-bond acceptors (Lipinski definition) is 4. The Bertz CT molecular complexity index is 357. The molecule has 1 atom stereocenters. The molecule has 78 valence electrons. The molecule has 4 nitrogen and oxygen atoms in total. The molecule has 2 rings (SSSR count). The minimum absolute atomic E-state index is 0.109. The van der Waals surface area contributed by atoms with Crippen LogP contribution in [0.3, 0.4) is 0 Å². The van der Waals surface area contributed by atoms with Crippen LogP contribution in [0.2, 0.25) is 0 Å². The van der Waals surface area contributed by atoms with E-state index in [2.05, 4.69) is 4.98 Å². The van der Waals surface area contributed by atoms with Crippen LogP contribution >= 0.6 is 0 Å². The molecular weight excluding hydrogens is 194 g/mol. The van der Waals surface area contributed by atoms with Crippen molar-refractivity contribution in [1.29, 1.82) is 0 Å². The van der Waals surface area contributed by atoms with Gasteiger partial charge in [-0.05, 0) is 18.2 Å². The van der Waals surface area contributed by atoms with Crippen molar-refractivity contribution < 1.29 is 14.3 Å².